The second kappa shape index (κ2) is 5.48. The summed E-state index contributed by atoms with van der Waals surface area (Å²) in [7, 11) is 0. The maximum absolute atomic E-state index is 13.3. The van der Waals surface area contributed by atoms with Crippen LogP contribution in [0.15, 0.2) is 42.5 Å². The van der Waals surface area contributed by atoms with Gasteiger partial charge in [-0.2, -0.15) is 0 Å². The van der Waals surface area contributed by atoms with Crippen molar-refractivity contribution >= 4 is 11.6 Å². The minimum Gasteiger partial charge on any atom is -0.508 e. The summed E-state index contributed by atoms with van der Waals surface area (Å²) < 4.78 is 26.6. The lowest BCUT2D eigenvalue weighted by atomic mass is 10.1. The molecular weight excluding hydrogens is 252 g/mol. The Morgan fingerprint density at radius 3 is 2.32 bits per heavy atom. The van der Waals surface area contributed by atoms with Crippen molar-refractivity contribution in [2.75, 3.05) is 5.32 Å². The standard InChI is InChI=1S/C14H11F2NO2/c15-10-5-3-6-11(16)14(10)17-13(19)8-9-4-1-2-7-12(9)18/h1-7,18H,8H2,(H,17,19). The van der Waals surface area contributed by atoms with Crippen LogP contribution in [0.2, 0.25) is 0 Å². The Balaban J connectivity index is 2.12. The summed E-state index contributed by atoms with van der Waals surface area (Å²) in [5, 5.41) is 11.7. The number of carbonyl (C=O) groups is 1. The zero-order chi connectivity index (χ0) is 13.8. The highest BCUT2D eigenvalue weighted by molar-refractivity contribution is 5.92. The molecule has 0 heterocycles. The molecule has 2 aromatic carbocycles. The summed E-state index contributed by atoms with van der Waals surface area (Å²) in [4.78, 5) is 11.7. The number of hydrogen-bond acceptors (Lipinski definition) is 2. The van der Waals surface area contributed by atoms with Crippen LogP contribution in [0.25, 0.3) is 0 Å². The van der Waals surface area contributed by atoms with Crippen LogP contribution in [0.4, 0.5) is 14.5 Å². The number of anilines is 1. The van der Waals surface area contributed by atoms with Gasteiger partial charge in [-0.15, -0.1) is 0 Å². The topological polar surface area (TPSA) is 49.3 Å². The fourth-order valence-corrected chi connectivity index (χ4v) is 1.63. The van der Waals surface area contributed by atoms with Gasteiger partial charge in [0.05, 0.1) is 6.42 Å². The third-order valence-corrected chi connectivity index (χ3v) is 2.57. The number of nitrogens with one attached hydrogen (secondary N) is 1. The molecule has 2 N–H and O–H groups in total. The van der Waals surface area contributed by atoms with Gasteiger partial charge in [-0.05, 0) is 18.2 Å². The van der Waals surface area contributed by atoms with E-state index in [9.17, 15) is 18.7 Å². The molecule has 2 aromatic rings. The molecule has 19 heavy (non-hydrogen) atoms. The largest absolute Gasteiger partial charge is 0.508 e. The Morgan fingerprint density at radius 2 is 1.68 bits per heavy atom. The van der Waals surface area contributed by atoms with E-state index in [-0.39, 0.29) is 12.2 Å². The molecule has 0 spiro atoms. The van der Waals surface area contributed by atoms with Gasteiger partial charge in [0, 0.05) is 5.56 Å². The van der Waals surface area contributed by atoms with E-state index in [1.165, 1.54) is 12.1 Å². The van der Waals surface area contributed by atoms with E-state index >= 15 is 0 Å². The number of halogens is 2. The minimum absolute atomic E-state index is 0.0355. The van der Waals surface area contributed by atoms with Gasteiger partial charge < -0.3 is 10.4 Å². The smallest absolute Gasteiger partial charge is 0.229 e. The van der Waals surface area contributed by atoms with Crippen LogP contribution in [0.3, 0.4) is 0 Å². The number of para-hydroxylation sites is 2. The monoisotopic (exact) mass is 263 g/mol. The third-order valence-electron chi connectivity index (χ3n) is 2.57. The van der Waals surface area contributed by atoms with Crippen LogP contribution >= 0.6 is 0 Å². The Morgan fingerprint density at radius 1 is 1.05 bits per heavy atom. The van der Waals surface area contributed by atoms with Crippen LogP contribution in [0, 0.1) is 11.6 Å². The average Bonchev–Trinajstić information content (AvgIpc) is 2.37. The van der Waals surface area contributed by atoms with Crippen LogP contribution in [-0.4, -0.2) is 11.0 Å². The molecule has 0 fully saturated rings. The van der Waals surface area contributed by atoms with Crippen LogP contribution in [-0.2, 0) is 11.2 Å². The van der Waals surface area contributed by atoms with E-state index in [1.807, 2.05) is 0 Å². The Hall–Kier alpha value is -2.43. The fourth-order valence-electron chi connectivity index (χ4n) is 1.63. The van der Waals surface area contributed by atoms with E-state index in [0.29, 0.717) is 5.56 Å². The molecule has 0 atom stereocenters. The molecule has 1 amide bonds. The first-order valence-corrected chi connectivity index (χ1v) is 5.58. The van der Waals surface area contributed by atoms with Gasteiger partial charge in [-0.25, -0.2) is 8.78 Å². The summed E-state index contributed by atoms with van der Waals surface area (Å²) in [5.74, 6) is -2.33. The van der Waals surface area contributed by atoms with Gasteiger partial charge in [0.15, 0.2) is 0 Å². The fraction of sp³-hybridized carbons (Fsp3) is 0.0714. The first-order chi connectivity index (χ1) is 9.08. The third kappa shape index (κ3) is 3.07. The summed E-state index contributed by atoms with van der Waals surface area (Å²) in [5.41, 5.74) is -0.0975. The molecule has 0 aliphatic carbocycles. The second-order valence-corrected chi connectivity index (χ2v) is 3.95. The lowest BCUT2D eigenvalue weighted by molar-refractivity contribution is -0.115. The molecule has 5 heteroatoms. The van der Waals surface area contributed by atoms with Gasteiger partial charge in [-0.1, -0.05) is 24.3 Å². The second-order valence-electron chi connectivity index (χ2n) is 3.95. The highest BCUT2D eigenvalue weighted by atomic mass is 19.1. The highest BCUT2D eigenvalue weighted by Gasteiger charge is 2.13. The molecule has 0 bridgehead atoms. The highest BCUT2D eigenvalue weighted by Crippen LogP contribution is 2.20. The maximum Gasteiger partial charge on any atom is 0.229 e. The molecule has 98 valence electrons. The Kier molecular flexibility index (Phi) is 3.75. The van der Waals surface area contributed by atoms with Crippen molar-refractivity contribution in [2.24, 2.45) is 0 Å². The molecule has 0 radical (unpaired) electrons. The number of benzene rings is 2. The van der Waals surface area contributed by atoms with E-state index < -0.39 is 23.2 Å². The zero-order valence-corrected chi connectivity index (χ0v) is 9.86. The van der Waals surface area contributed by atoms with Crippen molar-refractivity contribution in [3.63, 3.8) is 0 Å². The van der Waals surface area contributed by atoms with E-state index in [1.54, 1.807) is 18.2 Å². The van der Waals surface area contributed by atoms with Gasteiger partial charge in [0.25, 0.3) is 0 Å². The van der Waals surface area contributed by atoms with Crippen LogP contribution < -0.4 is 5.32 Å². The molecule has 0 aromatic heterocycles. The van der Waals surface area contributed by atoms with E-state index in [4.69, 9.17) is 0 Å². The molecule has 0 saturated heterocycles. The van der Waals surface area contributed by atoms with Crippen molar-refractivity contribution in [3.05, 3.63) is 59.7 Å². The molecule has 0 saturated carbocycles. The number of carbonyl (C=O) groups excluding carboxylic acids is 1. The van der Waals surface area contributed by atoms with Crippen molar-refractivity contribution in [1.82, 2.24) is 0 Å². The predicted molar refractivity (Wildman–Crippen MR) is 66.8 cm³/mol. The van der Waals surface area contributed by atoms with Crippen LogP contribution in [0.1, 0.15) is 5.56 Å². The maximum atomic E-state index is 13.3. The van der Waals surface area contributed by atoms with Gasteiger partial charge in [-0.3, -0.25) is 4.79 Å². The minimum atomic E-state index is -0.842. The SMILES string of the molecule is O=C(Cc1ccccc1O)Nc1c(F)cccc1F. The molecule has 0 aliphatic heterocycles. The zero-order valence-electron chi connectivity index (χ0n) is 9.86. The summed E-state index contributed by atoms with van der Waals surface area (Å²) in [6, 6.07) is 9.60. The summed E-state index contributed by atoms with van der Waals surface area (Å²) >= 11 is 0. The number of phenolic OH excluding ortho intramolecular Hbond substituents is 1. The van der Waals surface area contributed by atoms with Crippen molar-refractivity contribution in [3.8, 4) is 5.75 Å². The lowest BCUT2D eigenvalue weighted by Crippen LogP contribution is -2.16. The van der Waals surface area contributed by atoms with Gasteiger partial charge >= 0.3 is 0 Å². The summed E-state index contributed by atoms with van der Waals surface area (Å²) in [6.45, 7) is 0. The number of rotatable bonds is 3. The number of amides is 1. The summed E-state index contributed by atoms with van der Waals surface area (Å²) in [6.07, 6.45) is -0.166. The molecule has 3 nitrogen and oxygen atoms in total. The molecule has 2 rings (SSSR count). The molecular formula is C14H11F2NO2. The van der Waals surface area contributed by atoms with Crippen LogP contribution in [0.5, 0.6) is 5.75 Å². The average molecular weight is 263 g/mol. The Labute approximate surface area is 108 Å². The lowest BCUT2D eigenvalue weighted by Gasteiger charge is -2.08. The quantitative estimate of drug-likeness (QED) is 0.894. The first kappa shape index (κ1) is 13.0. The normalized spacial score (nSPS) is 10.2. The van der Waals surface area contributed by atoms with Crippen molar-refractivity contribution < 1.29 is 18.7 Å². The number of phenols is 1. The van der Waals surface area contributed by atoms with Gasteiger partial charge in [0.2, 0.25) is 5.91 Å². The van der Waals surface area contributed by atoms with Gasteiger partial charge in [0.1, 0.15) is 23.1 Å². The first-order valence-electron chi connectivity index (χ1n) is 5.58. The van der Waals surface area contributed by atoms with E-state index in [0.717, 1.165) is 12.1 Å². The number of aromatic hydroxyl groups is 1. The molecule has 0 aliphatic rings. The van der Waals surface area contributed by atoms with Crippen molar-refractivity contribution in [2.45, 2.75) is 6.42 Å². The number of hydrogen-bond donors (Lipinski definition) is 2. The van der Waals surface area contributed by atoms with Crippen molar-refractivity contribution in [1.29, 1.82) is 0 Å². The Bertz CT molecular complexity index is 594. The van der Waals surface area contributed by atoms with E-state index in [2.05, 4.69) is 5.32 Å². The predicted octanol–water partition coefficient (Wildman–Crippen LogP) is 2.85. The molecule has 0 unspecified atom stereocenters.